The van der Waals surface area contributed by atoms with Gasteiger partial charge in [-0.25, -0.2) is 0 Å². The Labute approximate surface area is 191 Å². The van der Waals surface area contributed by atoms with Gasteiger partial charge in [0.2, 0.25) is 0 Å². The molecule has 0 unspecified atom stereocenters. The number of ether oxygens (including phenoxy) is 3. The van der Waals surface area contributed by atoms with Gasteiger partial charge in [0, 0.05) is 34.7 Å². The zero-order chi connectivity index (χ0) is 23.8. The Balaban J connectivity index is 1.72. The van der Waals surface area contributed by atoms with E-state index in [0.29, 0.717) is 54.6 Å². The quantitative estimate of drug-likeness (QED) is 0.155. The van der Waals surface area contributed by atoms with Crippen LogP contribution in [-0.2, 0) is 17.0 Å². The van der Waals surface area contributed by atoms with Crippen molar-refractivity contribution in [2.45, 2.75) is 26.4 Å². The zero-order valence-electron chi connectivity index (χ0n) is 17.9. The lowest BCUT2D eigenvalue weighted by molar-refractivity contribution is 0.274. The molecule has 2 aromatic carbocycles. The van der Waals surface area contributed by atoms with E-state index in [0.717, 1.165) is 11.1 Å². The first-order valence-electron chi connectivity index (χ1n) is 10.0. The second kappa shape index (κ2) is 10.8. The number of hydrogen-bond acceptors (Lipinski definition) is 7. The van der Waals surface area contributed by atoms with Gasteiger partial charge in [0.15, 0.2) is 0 Å². The molecule has 11 heteroatoms. The molecule has 1 aliphatic rings. The van der Waals surface area contributed by atoms with Gasteiger partial charge in [-0.15, -0.1) is 0 Å². The summed E-state index contributed by atoms with van der Waals surface area (Å²) in [6.07, 6.45) is 3.10. The van der Waals surface area contributed by atoms with Crippen LogP contribution in [0.15, 0.2) is 59.9 Å². The van der Waals surface area contributed by atoms with Gasteiger partial charge in [0.1, 0.15) is 35.4 Å². The van der Waals surface area contributed by atoms with Gasteiger partial charge in [-0.3, -0.25) is 4.55 Å². The van der Waals surface area contributed by atoms with Crippen LogP contribution in [0, 0.1) is 0 Å². The maximum Gasteiger partial charge on any atom is 0.446 e. The minimum atomic E-state index is -4.67. The summed E-state index contributed by atoms with van der Waals surface area (Å²) in [5.41, 5.74) is 10.9. The highest BCUT2D eigenvalue weighted by molar-refractivity contribution is 7.81. The minimum absolute atomic E-state index is 0.103. The lowest BCUT2D eigenvalue weighted by Gasteiger charge is -2.19. The van der Waals surface area contributed by atoms with Crippen molar-refractivity contribution >= 4 is 16.0 Å². The summed E-state index contributed by atoms with van der Waals surface area (Å²) in [5.74, 6) is 1.98. The van der Waals surface area contributed by atoms with Crippen LogP contribution >= 0.6 is 0 Å². The third kappa shape index (κ3) is 7.18. The molecule has 1 N–H and O–H groups in total. The van der Waals surface area contributed by atoms with Crippen molar-refractivity contribution in [3.8, 4) is 23.0 Å². The van der Waals surface area contributed by atoms with Gasteiger partial charge in [-0.1, -0.05) is 11.7 Å². The van der Waals surface area contributed by atoms with Gasteiger partial charge in [0.25, 0.3) is 0 Å². The van der Waals surface area contributed by atoms with E-state index in [1.54, 1.807) is 12.1 Å². The molecule has 1 aliphatic heterocycles. The van der Waals surface area contributed by atoms with Crippen LogP contribution < -0.4 is 18.4 Å². The summed E-state index contributed by atoms with van der Waals surface area (Å²) in [4.78, 5) is 2.69. The van der Waals surface area contributed by atoms with Crippen LogP contribution in [0.5, 0.6) is 23.0 Å². The maximum absolute atomic E-state index is 11.0. The number of hydrogen-bond donors (Lipinski definition) is 1. The average molecular weight is 474 g/mol. The van der Waals surface area contributed by atoms with E-state index in [-0.39, 0.29) is 12.4 Å². The highest BCUT2D eigenvalue weighted by atomic mass is 32.3. The molecule has 0 bridgehead atoms. The summed E-state index contributed by atoms with van der Waals surface area (Å²) in [6.45, 7) is 6.57. The summed E-state index contributed by atoms with van der Waals surface area (Å²) < 4.78 is 52.9. The highest BCUT2D eigenvalue weighted by Crippen LogP contribution is 2.36. The second-order valence-corrected chi connectivity index (χ2v) is 8.16. The first kappa shape index (κ1) is 24.0. The van der Waals surface area contributed by atoms with Crippen molar-refractivity contribution in [3.05, 3.63) is 76.4 Å². The Morgan fingerprint density at radius 3 is 2.70 bits per heavy atom. The van der Waals surface area contributed by atoms with Crippen molar-refractivity contribution in [2.75, 3.05) is 13.2 Å². The number of unbranched alkanes of at least 4 members (excludes halogenated alkanes) is 1. The van der Waals surface area contributed by atoms with Gasteiger partial charge >= 0.3 is 10.4 Å². The summed E-state index contributed by atoms with van der Waals surface area (Å²) in [6, 6.07) is 9.80. The van der Waals surface area contributed by atoms with Crippen molar-refractivity contribution in [2.24, 2.45) is 5.11 Å². The topological polar surface area (TPSA) is 140 Å². The predicted octanol–water partition coefficient (Wildman–Crippen LogP) is 5.23. The molecule has 0 radical (unpaired) electrons. The smallest absolute Gasteiger partial charge is 0.446 e. The van der Waals surface area contributed by atoms with E-state index >= 15 is 0 Å². The molecule has 33 heavy (non-hydrogen) atoms. The number of nitrogens with zero attached hydrogens (tertiary/aromatic N) is 3. The molecular formula is C22H23N3O7S. The van der Waals surface area contributed by atoms with Crippen LogP contribution in [0.2, 0.25) is 0 Å². The van der Waals surface area contributed by atoms with E-state index < -0.39 is 10.4 Å². The van der Waals surface area contributed by atoms with Crippen molar-refractivity contribution in [1.82, 2.24) is 0 Å². The third-order valence-corrected chi connectivity index (χ3v) is 5.01. The van der Waals surface area contributed by atoms with E-state index in [4.69, 9.17) is 24.3 Å². The first-order valence-corrected chi connectivity index (χ1v) is 11.4. The Morgan fingerprint density at radius 1 is 1.15 bits per heavy atom. The third-order valence-electron chi connectivity index (χ3n) is 4.60. The Kier molecular flexibility index (Phi) is 7.83. The zero-order valence-corrected chi connectivity index (χ0v) is 18.7. The van der Waals surface area contributed by atoms with Crippen molar-refractivity contribution < 1.29 is 31.4 Å². The molecule has 10 nitrogen and oxygen atoms in total. The van der Waals surface area contributed by atoms with E-state index in [1.807, 2.05) is 25.1 Å². The molecule has 3 rings (SSSR count). The molecule has 1 heterocycles. The Morgan fingerprint density at radius 2 is 1.94 bits per heavy atom. The van der Waals surface area contributed by atoms with Crippen LogP contribution in [-0.4, -0.2) is 26.1 Å². The molecule has 0 saturated carbocycles. The fourth-order valence-corrected chi connectivity index (χ4v) is 3.47. The van der Waals surface area contributed by atoms with Crippen LogP contribution in [0.4, 0.5) is 0 Å². The fourth-order valence-electron chi connectivity index (χ4n) is 3.13. The normalized spacial score (nSPS) is 12.7. The van der Waals surface area contributed by atoms with Gasteiger partial charge in [-0.2, -0.15) is 8.42 Å². The summed E-state index contributed by atoms with van der Waals surface area (Å²) >= 11 is 0. The molecule has 0 aromatic heterocycles. The van der Waals surface area contributed by atoms with E-state index in [1.165, 1.54) is 12.1 Å². The summed E-state index contributed by atoms with van der Waals surface area (Å²) in [5, 5.41) is 3.46. The molecule has 0 saturated heterocycles. The highest BCUT2D eigenvalue weighted by Gasteiger charge is 2.15. The van der Waals surface area contributed by atoms with E-state index in [2.05, 4.69) is 20.8 Å². The van der Waals surface area contributed by atoms with Crippen molar-refractivity contribution in [3.63, 3.8) is 0 Å². The molecule has 0 atom stereocenters. The van der Waals surface area contributed by atoms with Gasteiger partial charge < -0.3 is 18.4 Å². The molecule has 2 aromatic rings. The fraction of sp³-hybridized carbons (Fsp3) is 0.273. The average Bonchev–Trinajstić information content (AvgIpc) is 2.74. The van der Waals surface area contributed by atoms with E-state index in [9.17, 15) is 8.42 Å². The standard InChI is InChI=1S/C22H23N3O7S/c1-15-11-16(2)31-22-12-18(7-8-20(15)22)30-14-17-5-6-19(32-33(26,27)28)13-21(17)29-10-4-3-9-24-25-23/h5-8,11-13H,2-4,9-10,14H2,1H3,(H,26,27,28). The molecule has 0 aliphatic carbocycles. The van der Waals surface area contributed by atoms with Crippen molar-refractivity contribution in [1.29, 1.82) is 0 Å². The lowest BCUT2D eigenvalue weighted by Crippen LogP contribution is -2.08. The molecule has 174 valence electrons. The van der Waals surface area contributed by atoms with Crippen LogP contribution in [0.1, 0.15) is 30.9 Å². The minimum Gasteiger partial charge on any atom is -0.493 e. The molecule has 0 amide bonds. The largest absolute Gasteiger partial charge is 0.493 e. The number of rotatable bonds is 11. The first-order chi connectivity index (χ1) is 15.7. The number of benzene rings is 2. The molecule has 0 fully saturated rings. The number of fused-ring (bicyclic) bond motifs is 1. The van der Waals surface area contributed by atoms with Crippen LogP contribution in [0.25, 0.3) is 16.0 Å². The SMILES string of the molecule is C=C1C=C(C)c2ccc(OCc3ccc(OS(=O)(=O)O)cc3OCCCCN=[N+]=[N-])cc2O1. The number of azide groups is 1. The Bertz CT molecular complexity index is 1220. The van der Waals surface area contributed by atoms with Gasteiger partial charge in [-0.05, 0) is 61.2 Å². The monoisotopic (exact) mass is 473 g/mol. The molecule has 0 spiro atoms. The summed E-state index contributed by atoms with van der Waals surface area (Å²) in [7, 11) is -4.67. The Hall–Kier alpha value is -3.66. The lowest BCUT2D eigenvalue weighted by atomic mass is 10.0. The maximum atomic E-state index is 11.0. The number of allylic oxidation sites excluding steroid dienone is 2. The van der Waals surface area contributed by atoms with Gasteiger partial charge in [0.05, 0.1) is 6.61 Å². The predicted molar refractivity (Wildman–Crippen MR) is 122 cm³/mol. The second-order valence-electron chi connectivity index (χ2n) is 7.13. The van der Waals surface area contributed by atoms with Crippen LogP contribution in [0.3, 0.4) is 0 Å². The molecular weight excluding hydrogens is 450 g/mol.